The molecular formula is C12H12N4O2. The quantitative estimate of drug-likeness (QED) is 0.488. The van der Waals surface area contributed by atoms with Crippen molar-refractivity contribution in [1.82, 2.24) is 4.98 Å². The number of nitrogens with zero attached hydrogens (tertiary/aromatic N) is 4. The molecule has 92 valence electrons. The van der Waals surface area contributed by atoms with E-state index in [4.69, 9.17) is 5.53 Å². The molecule has 2 atom stereocenters. The maximum Gasteiger partial charge on any atom is 0.105 e. The van der Waals surface area contributed by atoms with Gasteiger partial charge in [-0.2, -0.15) is 0 Å². The molecule has 6 nitrogen and oxygen atoms in total. The third-order valence-electron chi connectivity index (χ3n) is 2.66. The van der Waals surface area contributed by atoms with Gasteiger partial charge in [0.2, 0.25) is 0 Å². The number of benzene rings is 1. The van der Waals surface area contributed by atoms with Gasteiger partial charge >= 0.3 is 0 Å². The summed E-state index contributed by atoms with van der Waals surface area (Å²) in [6, 6.07) is 8.90. The molecule has 0 amide bonds. The molecule has 0 aliphatic rings. The van der Waals surface area contributed by atoms with E-state index in [1.54, 1.807) is 30.5 Å². The zero-order valence-corrected chi connectivity index (χ0v) is 9.51. The van der Waals surface area contributed by atoms with E-state index in [1.807, 2.05) is 6.07 Å². The lowest BCUT2D eigenvalue weighted by Crippen LogP contribution is -2.21. The summed E-state index contributed by atoms with van der Waals surface area (Å²) in [5.41, 5.74) is 9.55. The Bertz CT molecular complexity index is 595. The first-order valence-electron chi connectivity index (χ1n) is 5.44. The van der Waals surface area contributed by atoms with Crippen LogP contribution in [0.2, 0.25) is 0 Å². The Kier molecular flexibility index (Phi) is 3.74. The van der Waals surface area contributed by atoms with Gasteiger partial charge in [-0.15, -0.1) is 0 Å². The highest BCUT2D eigenvalue weighted by Gasteiger charge is 2.17. The van der Waals surface area contributed by atoms with Crippen LogP contribution in [0.4, 0.5) is 0 Å². The first kappa shape index (κ1) is 12.3. The molecule has 18 heavy (non-hydrogen) atoms. The minimum Gasteiger partial charge on any atom is -0.390 e. The molecule has 0 aliphatic carbocycles. The van der Waals surface area contributed by atoms with Crippen LogP contribution in [0.15, 0.2) is 41.6 Å². The molecule has 1 aromatic carbocycles. The molecule has 2 unspecified atom stereocenters. The summed E-state index contributed by atoms with van der Waals surface area (Å²) in [6.45, 7) is -0.164. The van der Waals surface area contributed by atoms with Gasteiger partial charge in [0.05, 0.1) is 18.2 Å². The van der Waals surface area contributed by atoms with E-state index in [0.29, 0.717) is 5.56 Å². The summed E-state index contributed by atoms with van der Waals surface area (Å²) in [4.78, 5) is 6.71. The maximum atomic E-state index is 9.92. The lowest BCUT2D eigenvalue weighted by atomic mass is 10.0. The van der Waals surface area contributed by atoms with Gasteiger partial charge in [-0.1, -0.05) is 17.2 Å². The predicted octanol–water partition coefficient (Wildman–Crippen LogP) is 1.94. The topological polar surface area (TPSA) is 102 Å². The number of aliphatic hydroxyl groups is 2. The molecule has 0 aliphatic heterocycles. The molecule has 0 bridgehead atoms. The Morgan fingerprint density at radius 2 is 2.17 bits per heavy atom. The second kappa shape index (κ2) is 5.46. The van der Waals surface area contributed by atoms with Gasteiger partial charge in [0.15, 0.2) is 0 Å². The number of aliphatic hydroxyl groups excluding tert-OH is 2. The van der Waals surface area contributed by atoms with Crippen LogP contribution >= 0.6 is 0 Å². The third kappa shape index (κ3) is 2.57. The monoisotopic (exact) mass is 244 g/mol. The van der Waals surface area contributed by atoms with Crippen molar-refractivity contribution in [2.24, 2.45) is 5.11 Å². The van der Waals surface area contributed by atoms with Crippen LogP contribution in [0.5, 0.6) is 0 Å². The van der Waals surface area contributed by atoms with Crippen molar-refractivity contribution in [1.29, 1.82) is 0 Å². The lowest BCUT2D eigenvalue weighted by molar-refractivity contribution is 0.0245. The van der Waals surface area contributed by atoms with Crippen molar-refractivity contribution in [3.63, 3.8) is 0 Å². The molecule has 6 heteroatoms. The van der Waals surface area contributed by atoms with Crippen LogP contribution in [0.3, 0.4) is 0 Å². The fourth-order valence-electron chi connectivity index (χ4n) is 1.72. The molecule has 2 aromatic rings. The van der Waals surface area contributed by atoms with Gasteiger partial charge in [-0.3, -0.25) is 4.98 Å². The Morgan fingerprint density at radius 1 is 1.33 bits per heavy atom. The zero-order valence-electron chi connectivity index (χ0n) is 9.51. The summed E-state index contributed by atoms with van der Waals surface area (Å²) >= 11 is 0. The largest absolute Gasteiger partial charge is 0.390 e. The highest BCUT2D eigenvalue weighted by atomic mass is 16.3. The SMILES string of the molecule is [N-]=[N+]=NCC(O)C(O)c1ccc2ncccc2c1. The van der Waals surface area contributed by atoms with Crippen LogP contribution < -0.4 is 0 Å². The molecule has 0 fully saturated rings. The molecule has 0 saturated carbocycles. The van der Waals surface area contributed by atoms with Crippen molar-refractivity contribution in [3.8, 4) is 0 Å². The van der Waals surface area contributed by atoms with Gasteiger partial charge in [-0.05, 0) is 29.3 Å². The first-order valence-corrected chi connectivity index (χ1v) is 5.44. The van der Waals surface area contributed by atoms with Gasteiger partial charge < -0.3 is 10.2 Å². The van der Waals surface area contributed by atoms with Crippen LogP contribution in [0, 0.1) is 0 Å². The van der Waals surface area contributed by atoms with Crippen molar-refractivity contribution >= 4 is 10.9 Å². The average Bonchev–Trinajstić information content (AvgIpc) is 2.43. The highest BCUT2D eigenvalue weighted by Crippen LogP contribution is 2.21. The fourth-order valence-corrected chi connectivity index (χ4v) is 1.72. The predicted molar refractivity (Wildman–Crippen MR) is 66.7 cm³/mol. The number of pyridine rings is 1. The summed E-state index contributed by atoms with van der Waals surface area (Å²) in [7, 11) is 0. The van der Waals surface area contributed by atoms with Crippen LogP contribution in [-0.4, -0.2) is 27.8 Å². The van der Waals surface area contributed by atoms with Crippen LogP contribution in [0.25, 0.3) is 21.3 Å². The van der Waals surface area contributed by atoms with Crippen LogP contribution in [-0.2, 0) is 0 Å². The van der Waals surface area contributed by atoms with Crippen molar-refractivity contribution in [2.45, 2.75) is 12.2 Å². The molecule has 2 N–H and O–H groups in total. The number of fused-ring (bicyclic) bond motifs is 1. The highest BCUT2D eigenvalue weighted by molar-refractivity contribution is 5.79. The summed E-state index contributed by atoms with van der Waals surface area (Å²) < 4.78 is 0. The second-order valence-electron chi connectivity index (χ2n) is 3.88. The number of hydrogen-bond acceptors (Lipinski definition) is 4. The van der Waals surface area contributed by atoms with E-state index in [-0.39, 0.29) is 6.54 Å². The molecular weight excluding hydrogens is 232 g/mol. The Morgan fingerprint density at radius 3 is 2.94 bits per heavy atom. The van der Waals surface area contributed by atoms with Gasteiger partial charge in [0.1, 0.15) is 6.10 Å². The molecule has 0 spiro atoms. The standard InChI is InChI=1S/C12H12N4O2/c13-16-15-7-11(17)12(18)9-3-4-10-8(6-9)2-1-5-14-10/h1-6,11-12,17-18H,7H2. The minimum atomic E-state index is -1.12. The van der Waals surface area contributed by atoms with E-state index in [9.17, 15) is 10.2 Å². The molecule has 2 rings (SSSR count). The van der Waals surface area contributed by atoms with Gasteiger partial charge in [-0.25, -0.2) is 0 Å². The van der Waals surface area contributed by atoms with E-state index in [1.165, 1.54) is 0 Å². The molecule has 0 saturated heterocycles. The van der Waals surface area contributed by atoms with Crippen molar-refractivity contribution < 1.29 is 10.2 Å². The minimum absolute atomic E-state index is 0.164. The molecule has 0 radical (unpaired) electrons. The normalized spacial score (nSPS) is 13.9. The van der Waals surface area contributed by atoms with Crippen molar-refractivity contribution in [2.75, 3.05) is 6.54 Å². The number of azide groups is 1. The van der Waals surface area contributed by atoms with Crippen molar-refractivity contribution in [3.05, 3.63) is 52.5 Å². The van der Waals surface area contributed by atoms with E-state index in [2.05, 4.69) is 15.0 Å². The lowest BCUT2D eigenvalue weighted by Gasteiger charge is -2.16. The Hall–Kier alpha value is -2.14. The number of aromatic nitrogens is 1. The summed E-state index contributed by atoms with van der Waals surface area (Å²) in [5, 5.41) is 23.7. The Labute approximate surface area is 103 Å². The van der Waals surface area contributed by atoms with Crippen LogP contribution in [0.1, 0.15) is 11.7 Å². The number of hydrogen-bond donors (Lipinski definition) is 2. The third-order valence-corrected chi connectivity index (χ3v) is 2.66. The summed E-state index contributed by atoms with van der Waals surface area (Å²) in [6.07, 6.45) is -0.510. The van der Waals surface area contributed by atoms with E-state index < -0.39 is 12.2 Å². The fraction of sp³-hybridized carbons (Fsp3) is 0.250. The number of rotatable bonds is 4. The molecule has 1 aromatic heterocycles. The van der Waals surface area contributed by atoms with E-state index in [0.717, 1.165) is 10.9 Å². The zero-order chi connectivity index (χ0) is 13.0. The summed E-state index contributed by atoms with van der Waals surface area (Å²) in [5.74, 6) is 0. The van der Waals surface area contributed by atoms with Gasteiger partial charge in [0, 0.05) is 16.5 Å². The van der Waals surface area contributed by atoms with E-state index >= 15 is 0 Å². The second-order valence-corrected chi connectivity index (χ2v) is 3.88. The first-order chi connectivity index (χ1) is 8.72. The maximum absolute atomic E-state index is 9.92. The smallest absolute Gasteiger partial charge is 0.105 e. The van der Waals surface area contributed by atoms with Gasteiger partial charge in [0.25, 0.3) is 0 Å². The Balaban J connectivity index is 2.27. The molecule has 1 heterocycles. The average molecular weight is 244 g/mol.